The van der Waals surface area contributed by atoms with Crippen molar-refractivity contribution in [1.82, 2.24) is 4.90 Å². The first-order valence-corrected chi connectivity index (χ1v) is 6.43. The first-order valence-electron chi connectivity index (χ1n) is 5.64. The summed E-state index contributed by atoms with van der Waals surface area (Å²) in [7, 11) is 1.82. The van der Waals surface area contributed by atoms with Gasteiger partial charge in [-0.3, -0.25) is 4.79 Å². The van der Waals surface area contributed by atoms with E-state index in [0.717, 1.165) is 16.6 Å². The smallest absolute Gasteiger partial charge is 0.253 e. The Morgan fingerprint density at radius 3 is 2.59 bits per heavy atom. The molecule has 0 aliphatic carbocycles. The molecule has 1 aromatic rings. The van der Waals surface area contributed by atoms with Gasteiger partial charge in [0, 0.05) is 29.3 Å². The van der Waals surface area contributed by atoms with Gasteiger partial charge in [-0.25, -0.2) is 0 Å². The summed E-state index contributed by atoms with van der Waals surface area (Å²) in [6, 6.07) is 3.64. The van der Waals surface area contributed by atoms with Gasteiger partial charge in [0.05, 0.1) is 0 Å². The van der Waals surface area contributed by atoms with Crippen molar-refractivity contribution in [3.63, 3.8) is 0 Å². The molecule has 0 aliphatic heterocycles. The molecule has 2 N–H and O–H groups in total. The maximum absolute atomic E-state index is 12.3. The number of halogens is 1. The second-order valence-electron chi connectivity index (χ2n) is 4.75. The van der Waals surface area contributed by atoms with Crippen LogP contribution in [0.25, 0.3) is 0 Å². The fourth-order valence-corrected chi connectivity index (χ4v) is 2.23. The summed E-state index contributed by atoms with van der Waals surface area (Å²) < 4.78 is 0.835. The number of anilines is 1. The van der Waals surface area contributed by atoms with Crippen molar-refractivity contribution in [3.05, 3.63) is 27.7 Å². The number of carbonyl (C=O) groups is 1. The van der Waals surface area contributed by atoms with Crippen LogP contribution >= 0.6 is 15.9 Å². The summed E-state index contributed by atoms with van der Waals surface area (Å²) in [6.45, 7) is 6.79. The number of carbonyl (C=O) groups excluding carboxylic acids is 1. The lowest BCUT2D eigenvalue weighted by molar-refractivity contribution is 0.0778. The number of nitrogens with two attached hydrogens (primary N) is 1. The van der Waals surface area contributed by atoms with Crippen molar-refractivity contribution in [2.75, 3.05) is 19.3 Å². The van der Waals surface area contributed by atoms with E-state index in [9.17, 15) is 4.79 Å². The van der Waals surface area contributed by atoms with E-state index in [2.05, 4.69) is 29.8 Å². The van der Waals surface area contributed by atoms with Crippen LogP contribution in [0.15, 0.2) is 16.6 Å². The molecule has 0 fully saturated rings. The van der Waals surface area contributed by atoms with Gasteiger partial charge in [-0.1, -0.05) is 29.8 Å². The third-order valence-corrected chi connectivity index (χ3v) is 3.09. The Kier molecular flexibility index (Phi) is 4.57. The lowest BCUT2D eigenvalue weighted by Gasteiger charge is -2.21. The van der Waals surface area contributed by atoms with Crippen molar-refractivity contribution < 1.29 is 4.79 Å². The number of nitrogens with zero attached hydrogens (tertiary/aromatic N) is 1. The summed E-state index contributed by atoms with van der Waals surface area (Å²) in [5.74, 6) is 0.470. The van der Waals surface area contributed by atoms with E-state index >= 15 is 0 Å². The van der Waals surface area contributed by atoms with E-state index in [1.165, 1.54) is 0 Å². The van der Waals surface area contributed by atoms with E-state index in [-0.39, 0.29) is 5.91 Å². The Bertz CT molecular complexity index is 430. The molecular formula is C13H19BrN2O. The van der Waals surface area contributed by atoms with Crippen molar-refractivity contribution in [2.45, 2.75) is 20.8 Å². The lowest BCUT2D eigenvalue weighted by Crippen LogP contribution is -2.30. The third-order valence-electron chi connectivity index (χ3n) is 2.63. The minimum atomic E-state index is 0.0178. The highest BCUT2D eigenvalue weighted by atomic mass is 79.9. The lowest BCUT2D eigenvalue weighted by atomic mass is 10.1. The second kappa shape index (κ2) is 5.54. The molecule has 0 aromatic heterocycles. The quantitative estimate of drug-likeness (QED) is 0.872. The SMILES string of the molecule is Cc1c(N)cc(Br)cc1C(=O)N(C)CC(C)C. The second-order valence-corrected chi connectivity index (χ2v) is 5.66. The van der Waals surface area contributed by atoms with Gasteiger partial charge in [-0.05, 0) is 30.5 Å². The van der Waals surface area contributed by atoms with Crippen molar-refractivity contribution in [3.8, 4) is 0 Å². The van der Waals surface area contributed by atoms with Gasteiger partial charge in [0.15, 0.2) is 0 Å². The average molecular weight is 299 g/mol. The molecule has 0 heterocycles. The van der Waals surface area contributed by atoms with Gasteiger partial charge in [0.1, 0.15) is 0 Å². The predicted molar refractivity (Wildman–Crippen MR) is 75.1 cm³/mol. The summed E-state index contributed by atoms with van der Waals surface area (Å²) >= 11 is 3.36. The van der Waals surface area contributed by atoms with Crippen molar-refractivity contribution in [2.24, 2.45) is 5.92 Å². The molecule has 1 amide bonds. The Morgan fingerprint density at radius 1 is 1.47 bits per heavy atom. The Morgan fingerprint density at radius 2 is 2.06 bits per heavy atom. The average Bonchev–Trinajstić information content (AvgIpc) is 2.21. The molecule has 0 bridgehead atoms. The highest BCUT2D eigenvalue weighted by Gasteiger charge is 2.16. The standard InChI is InChI=1S/C13H19BrN2O/c1-8(2)7-16(4)13(17)11-5-10(14)6-12(15)9(11)3/h5-6,8H,7,15H2,1-4H3. The van der Waals surface area contributed by atoms with Crippen LogP contribution in [0.1, 0.15) is 29.8 Å². The van der Waals surface area contributed by atoms with E-state index in [1.807, 2.05) is 26.1 Å². The Hall–Kier alpha value is -1.03. The van der Waals surface area contributed by atoms with Gasteiger partial charge in [-0.15, -0.1) is 0 Å². The molecule has 0 radical (unpaired) electrons. The molecule has 1 aromatic carbocycles. The van der Waals surface area contributed by atoms with Crippen LogP contribution in [0.3, 0.4) is 0 Å². The number of rotatable bonds is 3. The number of benzene rings is 1. The normalized spacial score (nSPS) is 10.7. The summed E-state index contributed by atoms with van der Waals surface area (Å²) in [5.41, 5.74) is 8.01. The molecule has 1 rings (SSSR count). The van der Waals surface area contributed by atoms with Gasteiger partial charge >= 0.3 is 0 Å². The van der Waals surface area contributed by atoms with E-state index in [4.69, 9.17) is 5.73 Å². The number of hydrogen-bond acceptors (Lipinski definition) is 2. The minimum absolute atomic E-state index is 0.0178. The van der Waals surface area contributed by atoms with Crippen LogP contribution in [0.5, 0.6) is 0 Å². The molecule has 0 saturated heterocycles. The minimum Gasteiger partial charge on any atom is -0.398 e. The molecule has 0 unspecified atom stereocenters. The topological polar surface area (TPSA) is 46.3 Å². The number of hydrogen-bond donors (Lipinski definition) is 1. The molecule has 0 spiro atoms. The first kappa shape index (κ1) is 14.0. The summed E-state index contributed by atoms with van der Waals surface area (Å²) in [6.07, 6.45) is 0. The summed E-state index contributed by atoms with van der Waals surface area (Å²) in [4.78, 5) is 14.0. The van der Waals surface area contributed by atoms with Crippen LogP contribution in [0.2, 0.25) is 0 Å². The van der Waals surface area contributed by atoms with Gasteiger partial charge < -0.3 is 10.6 Å². The zero-order chi connectivity index (χ0) is 13.2. The predicted octanol–water partition coefficient (Wildman–Crippen LogP) is 3.07. The highest BCUT2D eigenvalue weighted by Crippen LogP contribution is 2.23. The molecule has 94 valence electrons. The van der Waals surface area contributed by atoms with Gasteiger partial charge in [-0.2, -0.15) is 0 Å². The highest BCUT2D eigenvalue weighted by molar-refractivity contribution is 9.10. The number of amides is 1. The zero-order valence-corrected chi connectivity index (χ0v) is 12.3. The van der Waals surface area contributed by atoms with Crippen molar-refractivity contribution in [1.29, 1.82) is 0 Å². The molecule has 17 heavy (non-hydrogen) atoms. The largest absolute Gasteiger partial charge is 0.398 e. The third kappa shape index (κ3) is 3.46. The molecule has 0 atom stereocenters. The molecule has 4 heteroatoms. The van der Waals surface area contributed by atoms with E-state index in [0.29, 0.717) is 17.2 Å². The molecule has 3 nitrogen and oxygen atoms in total. The first-order chi connectivity index (χ1) is 7.82. The van der Waals surface area contributed by atoms with E-state index < -0.39 is 0 Å². The van der Waals surface area contributed by atoms with Gasteiger partial charge in [0.25, 0.3) is 5.91 Å². The molecular weight excluding hydrogens is 280 g/mol. The van der Waals surface area contributed by atoms with Crippen LogP contribution in [-0.2, 0) is 0 Å². The monoisotopic (exact) mass is 298 g/mol. The van der Waals surface area contributed by atoms with Crippen LogP contribution in [0, 0.1) is 12.8 Å². The van der Waals surface area contributed by atoms with Crippen molar-refractivity contribution >= 4 is 27.5 Å². The maximum atomic E-state index is 12.3. The zero-order valence-electron chi connectivity index (χ0n) is 10.7. The van der Waals surface area contributed by atoms with Crippen LogP contribution in [0.4, 0.5) is 5.69 Å². The van der Waals surface area contributed by atoms with Gasteiger partial charge in [0.2, 0.25) is 0 Å². The van der Waals surface area contributed by atoms with Crippen LogP contribution in [-0.4, -0.2) is 24.4 Å². The Balaban J connectivity index is 3.04. The Labute approximate surface area is 111 Å². The number of nitrogen functional groups attached to an aromatic ring is 1. The van der Waals surface area contributed by atoms with E-state index in [1.54, 1.807) is 4.90 Å². The maximum Gasteiger partial charge on any atom is 0.253 e. The van der Waals surface area contributed by atoms with Crippen LogP contribution < -0.4 is 5.73 Å². The summed E-state index contributed by atoms with van der Waals surface area (Å²) in [5, 5.41) is 0. The molecule has 0 aliphatic rings. The molecule has 0 saturated carbocycles. The fraction of sp³-hybridized carbons (Fsp3) is 0.462. The fourth-order valence-electron chi connectivity index (χ4n) is 1.76.